The Bertz CT molecular complexity index is 1750. The molecule has 3 aromatic carbocycles. The molecule has 0 saturated carbocycles. The van der Waals surface area contributed by atoms with Crippen LogP contribution < -0.4 is 10.5 Å². The lowest BCUT2D eigenvalue weighted by Crippen LogP contribution is -2.70. The maximum absolute atomic E-state index is 5.04. The van der Waals surface area contributed by atoms with Crippen molar-refractivity contribution >= 4 is 40.4 Å². The zero-order valence-electron chi connectivity index (χ0n) is 23.7. The van der Waals surface area contributed by atoms with Crippen molar-refractivity contribution in [2.45, 2.75) is 51.6 Å². The Morgan fingerprint density at radius 2 is 1.41 bits per heavy atom. The van der Waals surface area contributed by atoms with Crippen LogP contribution in [0.4, 0.5) is 0 Å². The molecule has 196 valence electrons. The van der Waals surface area contributed by atoms with E-state index in [-0.39, 0.29) is 10.1 Å². The lowest BCUT2D eigenvalue weighted by molar-refractivity contribution is 0.635. The first-order chi connectivity index (χ1) is 18.6. The molecule has 3 aromatic heterocycles. The second-order valence-corrected chi connectivity index (χ2v) is 18.1. The van der Waals surface area contributed by atoms with Gasteiger partial charge in [-0.15, -0.1) is 0 Å². The van der Waals surface area contributed by atoms with E-state index in [2.05, 4.69) is 135 Å². The lowest BCUT2D eigenvalue weighted by atomic mass is 10.1. The van der Waals surface area contributed by atoms with Gasteiger partial charge in [-0.1, -0.05) is 90.1 Å². The van der Waals surface area contributed by atoms with E-state index >= 15 is 0 Å². The van der Waals surface area contributed by atoms with Gasteiger partial charge < -0.3 is 9.55 Å². The van der Waals surface area contributed by atoms with Crippen LogP contribution in [-0.4, -0.2) is 27.6 Å². The first kappa shape index (κ1) is 25.3. The van der Waals surface area contributed by atoms with Gasteiger partial charge in [0.05, 0.1) is 11.0 Å². The molecular formula is C34H36N4Si. The van der Waals surface area contributed by atoms with Crippen molar-refractivity contribution in [2.75, 3.05) is 0 Å². The Hall–Kier alpha value is -3.96. The van der Waals surface area contributed by atoms with Crippen LogP contribution in [0.5, 0.6) is 0 Å². The molecule has 0 bridgehead atoms. The van der Waals surface area contributed by atoms with Crippen molar-refractivity contribution in [3.8, 4) is 17.1 Å². The molecule has 0 atom stereocenters. The number of benzene rings is 3. The Morgan fingerprint density at radius 1 is 0.667 bits per heavy atom. The molecule has 6 rings (SSSR count). The molecule has 0 aliphatic heterocycles. The van der Waals surface area contributed by atoms with E-state index in [1.54, 1.807) is 6.20 Å². The quantitative estimate of drug-likeness (QED) is 0.238. The monoisotopic (exact) mass is 528 g/mol. The van der Waals surface area contributed by atoms with Gasteiger partial charge in [-0.2, -0.15) is 0 Å². The molecular weight excluding hydrogens is 492 g/mol. The fraction of sp³-hybridized carbons (Fsp3) is 0.235. The summed E-state index contributed by atoms with van der Waals surface area (Å²) in [6, 6.07) is 31.1. The summed E-state index contributed by atoms with van der Waals surface area (Å²) in [5.41, 5.74) is 4.64. The Morgan fingerprint density at radius 3 is 2.10 bits per heavy atom. The van der Waals surface area contributed by atoms with Crippen LogP contribution in [0.15, 0.2) is 104 Å². The van der Waals surface area contributed by atoms with Crippen LogP contribution in [0.25, 0.3) is 38.9 Å². The van der Waals surface area contributed by atoms with Gasteiger partial charge in [-0.05, 0) is 51.7 Å². The van der Waals surface area contributed by atoms with Gasteiger partial charge >= 0.3 is 0 Å². The van der Waals surface area contributed by atoms with Crippen molar-refractivity contribution in [2.24, 2.45) is 0 Å². The van der Waals surface area contributed by atoms with Gasteiger partial charge in [0.15, 0.2) is 8.07 Å². The van der Waals surface area contributed by atoms with Crippen molar-refractivity contribution < 1.29 is 0 Å². The maximum atomic E-state index is 5.04. The molecule has 0 spiro atoms. The van der Waals surface area contributed by atoms with Crippen molar-refractivity contribution in [3.05, 3.63) is 104 Å². The van der Waals surface area contributed by atoms with E-state index in [1.807, 2.05) is 18.5 Å². The smallest absolute Gasteiger partial charge is 0.151 e. The van der Waals surface area contributed by atoms with Crippen molar-refractivity contribution in [1.29, 1.82) is 0 Å². The summed E-state index contributed by atoms with van der Waals surface area (Å²) in [4.78, 5) is 12.8. The fourth-order valence-corrected chi connectivity index (χ4v) is 14.3. The summed E-state index contributed by atoms with van der Waals surface area (Å²) < 4.78 is 2.42. The van der Waals surface area contributed by atoms with E-state index < -0.39 is 8.07 Å². The number of pyridine rings is 1. The van der Waals surface area contributed by atoms with Gasteiger partial charge in [-0.25, -0.2) is 4.98 Å². The normalized spacial score (nSPS) is 12.9. The van der Waals surface area contributed by atoms with Crippen LogP contribution in [0.1, 0.15) is 41.5 Å². The summed E-state index contributed by atoms with van der Waals surface area (Å²) in [5.74, 6) is 0.879. The SMILES string of the molecule is CC(C)(C)[Si](c1cccc(-n2c3ccccc3c3ccc(-c4ncc[nH]4)cc32)c1)(c1ccccn1)C(C)(C)C. The highest BCUT2D eigenvalue weighted by Crippen LogP contribution is 2.50. The molecule has 4 nitrogen and oxygen atoms in total. The summed E-state index contributed by atoms with van der Waals surface area (Å²) >= 11 is 0. The molecule has 0 amide bonds. The number of para-hydroxylation sites is 1. The Balaban J connectivity index is 1.67. The molecule has 6 aromatic rings. The predicted molar refractivity (Wildman–Crippen MR) is 167 cm³/mol. The van der Waals surface area contributed by atoms with Gasteiger partial charge in [0.2, 0.25) is 0 Å². The van der Waals surface area contributed by atoms with E-state index in [0.29, 0.717) is 0 Å². The molecule has 39 heavy (non-hydrogen) atoms. The highest BCUT2D eigenvalue weighted by Gasteiger charge is 2.56. The molecule has 5 heteroatoms. The number of H-pyrrole nitrogens is 1. The number of imidazole rings is 1. The molecule has 0 saturated heterocycles. The highest BCUT2D eigenvalue weighted by atomic mass is 28.3. The fourth-order valence-electron chi connectivity index (χ4n) is 7.19. The van der Waals surface area contributed by atoms with Gasteiger partial charge in [-0.3, -0.25) is 4.98 Å². The average Bonchev–Trinajstić information content (AvgIpc) is 3.55. The third-order valence-electron chi connectivity index (χ3n) is 8.28. The van der Waals surface area contributed by atoms with Crippen molar-refractivity contribution in [3.63, 3.8) is 0 Å². The first-order valence-electron chi connectivity index (χ1n) is 13.7. The van der Waals surface area contributed by atoms with Crippen LogP contribution in [-0.2, 0) is 0 Å². The largest absolute Gasteiger partial charge is 0.345 e. The number of rotatable bonds is 4. The Kier molecular flexibility index (Phi) is 5.88. The number of hydrogen-bond donors (Lipinski definition) is 1. The second-order valence-electron chi connectivity index (χ2n) is 12.5. The minimum Gasteiger partial charge on any atom is -0.345 e. The first-order valence-corrected chi connectivity index (χ1v) is 15.7. The predicted octanol–water partition coefficient (Wildman–Crippen LogP) is 7.73. The molecule has 0 aliphatic carbocycles. The molecule has 1 N–H and O–H groups in total. The van der Waals surface area contributed by atoms with E-state index in [9.17, 15) is 0 Å². The summed E-state index contributed by atoms with van der Waals surface area (Å²) in [7, 11) is -2.42. The molecule has 0 unspecified atom stereocenters. The summed E-state index contributed by atoms with van der Waals surface area (Å²) in [5, 5.41) is 5.21. The van der Waals surface area contributed by atoms with Gasteiger partial charge in [0, 0.05) is 45.9 Å². The highest BCUT2D eigenvalue weighted by molar-refractivity contribution is 7.05. The maximum Gasteiger partial charge on any atom is 0.151 e. The summed E-state index contributed by atoms with van der Waals surface area (Å²) in [6.45, 7) is 14.4. The number of aromatic nitrogens is 4. The lowest BCUT2D eigenvalue weighted by Gasteiger charge is -2.51. The third kappa shape index (κ3) is 3.87. The topological polar surface area (TPSA) is 46.5 Å². The van der Waals surface area contributed by atoms with Crippen LogP contribution in [0, 0.1) is 0 Å². The number of hydrogen-bond acceptors (Lipinski definition) is 2. The number of aromatic amines is 1. The van der Waals surface area contributed by atoms with Crippen LogP contribution in [0.3, 0.4) is 0 Å². The second kappa shape index (κ2) is 9.06. The van der Waals surface area contributed by atoms with Crippen molar-refractivity contribution in [1.82, 2.24) is 19.5 Å². The van der Waals surface area contributed by atoms with Crippen LogP contribution in [0.2, 0.25) is 10.1 Å². The summed E-state index contributed by atoms with van der Waals surface area (Å²) in [6.07, 6.45) is 5.64. The zero-order valence-corrected chi connectivity index (χ0v) is 24.7. The van der Waals surface area contributed by atoms with Gasteiger partial charge in [0.25, 0.3) is 0 Å². The molecule has 0 fully saturated rings. The number of nitrogens with zero attached hydrogens (tertiary/aromatic N) is 3. The van der Waals surface area contributed by atoms with Crippen LogP contribution >= 0.6 is 0 Å². The number of fused-ring (bicyclic) bond motifs is 3. The molecule has 3 heterocycles. The third-order valence-corrected chi connectivity index (χ3v) is 15.0. The Labute approximate surface area is 231 Å². The van der Waals surface area contributed by atoms with Gasteiger partial charge in [0.1, 0.15) is 5.82 Å². The average molecular weight is 529 g/mol. The van der Waals surface area contributed by atoms with E-state index in [4.69, 9.17) is 4.98 Å². The van der Waals surface area contributed by atoms with E-state index in [0.717, 1.165) is 11.4 Å². The minimum atomic E-state index is -2.42. The minimum absolute atomic E-state index is 0.0332. The molecule has 0 aliphatic rings. The standard InChI is InChI=1S/C34H36N4Si/c1-33(2,3)39(34(4,5)6,31-16-9-10-19-35-31)26-13-11-12-25(23-26)38-29-15-8-7-14-27(29)28-18-17-24(22-30(28)38)32-36-20-21-37-32/h7-23H,1-6H3,(H,36,37). The van der Waals surface area contributed by atoms with E-state index in [1.165, 1.54) is 38.0 Å². The number of nitrogens with one attached hydrogen (secondary N) is 1. The zero-order chi connectivity index (χ0) is 27.4. The molecule has 0 radical (unpaired) electrons.